The van der Waals surface area contributed by atoms with Crippen LogP contribution in [0.15, 0.2) is 0 Å². The third kappa shape index (κ3) is 7.20. The number of aliphatic hydroxyl groups excluding tert-OH is 1. The van der Waals surface area contributed by atoms with Gasteiger partial charge in [-0.1, -0.05) is 40.5 Å². The van der Waals surface area contributed by atoms with Gasteiger partial charge in [-0.05, 0) is 19.0 Å². The van der Waals surface area contributed by atoms with Crippen LogP contribution >= 0.6 is 0 Å². The maximum atomic E-state index is 9.84. The van der Waals surface area contributed by atoms with E-state index in [4.69, 9.17) is 0 Å². The minimum Gasteiger partial charge on any atom is -0.390 e. The van der Waals surface area contributed by atoms with Crippen LogP contribution in [0.5, 0.6) is 0 Å². The highest BCUT2D eigenvalue weighted by molar-refractivity contribution is 4.68. The highest BCUT2D eigenvalue weighted by atomic mass is 16.3. The first-order valence-corrected chi connectivity index (χ1v) is 6.78. The molecule has 3 nitrogen and oxygen atoms in total. The molecule has 0 fully saturated rings. The lowest BCUT2D eigenvalue weighted by Gasteiger charge is -2.27. The summed E-state index contributed by atoms with van der Waals surface area (Å²) in [5.74, 6) is 0.770. The summed E-state index contributed by atoms with van der Waals surface area (Å²) in [6.45, 7) is 13.3. The zero-order valence-corrected chi connectivity index (χ0v) is 11.5. The van der Waals surface area contributed by atoms with Gasteiger partial charge in [0.15, 0.2) is 0 Å². The molecule has 0 bridgehead atoms. The largest absolute Gasteiger partial charge is 0.390 e. The molecule has 3 heteroatoms. The molecule has 0 aliphatic heterocycles. The van der Waals surface area contributed by atoms with Crippen molar-refractivity contribution in [2.45, 2.75) is 46.6 Å². The van der Waals surface area contributed by atoms with Gasteiger partial charge in [0.05, 0.1) is 6.10 Å². The normalized spacial score (nSPS) is 13.7. The van der Waals surface area contributed by atoms with Crippen LogP contribution in [0.25, 0.3) is 0 Å². The summed E-state index contributed by atoms with van der Waals surface area (Å²) in [6, 6.07) is 0. The van der Waals surface area contributed by atoms with Crippen LogP contribution in [0, 0.1) is 5.92 Å². The molecule has 0 aromatic carbocycles. The maximum Gasteiger partial charge on any atom is 0.0791 e. The van der Waals surface area contributed by atoms with E-state index in [1.807, 2.05) is 0 Å². The molecule has 0 spiro atoms. The van der Waals surface area contributed by atoms with Crippen LogP contribution in [0.2, 0.25) is 0 Å². The molecule has 0 rings (SSSR count). The van der Waals surface area contributed by atoms with E-state index < -0.39 is 0 Å². The van der Waals surface area contributed by atoms with E-state index in [1.165, 1.54) is 12.8 Å². The van der Waals surface area contributed by atoms with Gasteiger partial charge in [0.1, 0.15) is 0 Å². The van der Waals surface area contributed by atoms with Gasteiger partial charge in [-0.25, -0.2) is 0 Å². The van der Waals surface area contributed by atoms with E-state index >= 15 is 0 Å². The predicted octanol–water partition coefficient (Wildman–Crippen LogP) is 1.71. The van der Waals surface area contributed by atoms with Gasteiger partial charge in [0, 0.05) is 19.6 Å². The Bertz CT molecular complexity index is 149. The Morgan fingerprint density at radius 2 is 1.69 bits per heavy atom. The highest BCUT2D eigenvalue weighted by Crippen LogP contribution is 2.09. The van der Waals surface area contributed by atoms with Gasteiger partial charge in [-0.2, -0.15) is 0 Å². The first-order chi connectivity index (χ1) is 7.67. The minimum atomic E-state index is -0.241. The number of aliphatic hydroxyl groups is 1. The molecular formula is C13H30N2O. The topological polar surface area (TPSA) is 35.5 Å². The van der Waals surface area contributed by atoms with Crippen molar-refractivity contribution in [3.8, 4) is 0 Å². The average molecular weight is 230 g/mol. The van der Waals surface area contributed by atoms with Crippen molar-refractivity contribution < 1.29 is 5.11 Å². The Balaban J connectivity index is 3.88. The van der Waals surface area contributed by atoms with E-state index in [2.05, 4.69) is 37.9 Å². The second kappa shape index (κ2) is 10.1. The first kappa shape index (κ1) is 15.9. The number of nitrogens with one attached hydrogen (secondary N) is 1. The van der Waals surface area contributed by atoms with E-state index in [0.717, 1.165) is 32.1 Å². The second-order valence-corrected chi connectivity index (χ2v) is 4.50. The maximum absolute atomic E-state index is 9.84. The van der Waals surface area contributed by atoms with Crippen molar-refractivity contribution in [2.75, 3.05) is 32.7 Å². The fourth-order valence-corrected chi connectivity index (χ4v) is 1.92. The van der Waals surface area contributed by atoms with Crippen LogP contribution in [0.1, 0.15) is 40.5 Å². The number of nitrogens with zero attached hydrogens (tertiary/aromatic N) is 1. The van der Waals surface area contributed by atoms with E-state index in [1.54, 1.807) is 0 Å². The predicted molar refractivity (Wildman–Crippen MR) is 70.7 cm³/mol. The molecule has 0 saturated carbocycles. The van der Waals surface area contributed by atoms with Gasteiger partial charge in [0.25, 0.3) is 0 Å². The fraction of sp³-hybridized carbons (Fsp3) is 1.00. The standard InChI is InChI=1S/C13H30N2O/c1-5-12(6-2)10-15(8-4)11-13(16)9-14-7-3/h12-14,16H,5-11H2,1-4H3. The molecule has 0 radical (unpaired) electrons. The third-order valence-corrected chi connectivity index (χ3v) is 3.22. The Morgan fingerprint density at radius 3 is 2.12 bits per heavy atom. The zero-order chi connectivity index (χ0) is 12.4. The summed E-state index contributed by atoms with van der Waals surface area (Å²) in [5, 5.41) is 13.0. The lowest BCUT2D eigenvalue weighted by molar-refractivity contribution is 0.104. The van der Waals surface area contributed by atoms with Crippen molar-refractivity contribution in [1.82, 2.24) is 10.2 Å². The van der Waals surface area contributed by atoms with Gasteiger partial charge in [0.2, 0.25) is 0 Å². The van der Waals surface area contributed by atoms with Crippen LogP contribution in [0.4, 0.5) is 0 Å². The zero-order valence-electron chi connectivity index (χ0n) is 11.5. The highest BCUT2D eigenvalue weighted by Gasteiger charge is 2.13. The molecule has 1 atom stereocenters. The molecule has 16 heavy (non-hydrogen) atoms. The molecular weight excluding hydrogens is 200 g/mol. The summed E-state index contributed by atoms with van der Waals surface area (Å²) in [4.78, 5) is 2.36. The molecule has 0 aliphatic rings. The Hall–Kier alpha value is -0.120. The molecule has 0 heterocycles. The Morgan fingerprint density at radius 1 is 1.06 bits per heavy atom. The molecule has 0 aromatic heterocycles. The second-order valence-electron chi connectivity index (χ2n) is 4.50. The summed E-state index contributed by atoms with van der Waals surface area (Å²) >= 11 is 0. The van der Waals surface area contributed by atoms with Crippen molar-refractivity contribution in [3.05, 3.63) is 0 Å². The summed E-state index contributed by atoms with van der Waals surface area (Å²) < 4.78 is 0. The molecule has 0 aromatic rings. The van der Waals surface area contributed by atoms with E-state index in [-0.39, 0.29) is 6.10 Å². The van der Waals surface area contributed by atoms with Crippen molar-refractivity contribution in [3.63, 3.8) is 0 Å². The Labute approximate surface area is 101 Å². The monoisotopic (exact) mass is 230 g/mol. The van der Waals surface area contributed by atoms with Gasteiger partial charge in [-0.15, -0.1) is 0 Å². The average Bonchev–Trinajstić information content (AvgIpc) is 2.31. The van der Waals surface area contributed by atoms with Crippen molar-refractivity contribution in [1.29, 1.82) is 0 Å². The SMILES string of the molecule is CCNCC(O)CN(CC)CC(CC)CC. The molecule has 0 saturated heterocycles. The third-order valence-electron chi connectivity index (χ3n) is 3.22. The summed E-state index contributed by atoms with van der Waals surface area (Å²) in [5.41, 5.74) is 0. The molecule has 0 amide bonds. The number of hydrogen-bond donors (Lipinski definition) is 2. The molecule has 0 aliphatic carbocycles. The van der Waals surface area contributed by atoms with Gasteiger partial charge >= 0.3 is 0 Å². The van der Waals surface area contributed by atoms with Gasteiger partial charge < -0.3 is 15.3 Å². The number of rotatable bonds is 10. The molecule has 2 N–H and O–H groups in total. The lowest BCUT2D eigenvalue weighted by atomic mass is 10.0. The van der Waals surface area contributed by atoms with E-state index in [0.29, 0.717) is 6.54 Å². The number of hydrogen-bond acceptors (Lipinski definition) is 3. The van der Waals surface area contributed by atoms with Crippen molar-refractivity contribution >= 4 is 0 Å². The molecule has 1 unspecified atom stereocenters. The summed E-state index contributed by atoms with van der Waals surface area (Å²) in [7, 11) is 0. The number of likely N-dealkylation sites (N-methyl/N-ethyl adjacent to an activating group) is 2. The van der Waals surface area contributed by atoms with Crippen LogP contribution in [-0.4, -0.2) is 48.8 Å². The summed E-state index contributed by atoms with van der Waals surface area (Å²) in [6.07, 6.45) is 2.22. The fourth-order valence-electron chi connectivity index (χ4n) is 1.92. The minimum absolute atomic E-state index is 0.241. The first-order valence-electron chi connectivity index (χ1n) is 6.78. The van der Waals surface area contributed by atoms with E-state index in [9.17, 15) is 5.11 Å². The van der Waals surface area contributed by atoms with Crippen molar-refractivity contribution in [2.24, 2.45) is 5.92 Å². The van der Waals surface area contributed by atoms with Crippen LogP contribution in [0.3, 0.4) is 0 Å². The van der Waals surface area contributed by atoms with Gasteiger partial charge in [-0.3, -0.25) is 0 Å². The van der Waals surface area contributed by atoms with Crippen LogP contribution in [-0.2, 0) is 0 Å². The quantitative estimate of drug-likeness (QED) is 0.600. The molecule has 98 valence electrons. The smallest absolute Gasteiger partial charge is 0.0791 e. The lowest BCUT2D eigenvalue weighted by Crippen LogP contribution is -2.40. The Kier molecular flexibility index (Phi) is 9.99. The van der Waals surface area contributed by atoms with Crippen LogP contribution < -0.4 is 5.32 Å².